The van der Waals surface area contributed by atoms with Crippen molar-refractivity contribution in [1.82, 2.24) is 25.6 Å². The fourth-order valence-corrected chi connectivity index (χ4v) is 2.59. The number of nitrogens with zero attached hydrogens (tertiary/aromatic N) is 3. The molecule has 2 unspecified atom stereocenters. The van der Waals surface area contributed by atoms with E-state index in [1.54, 1.807) is 4.68 Å². The van der Waals surface area contributed by atoms with Crippen LogP contribution < -0.4 is 10.6 Å². The van der Waals surface area contributed by atoms with Crippen LogP contribution in [0.15, 0.2) is 30.3 Å². The lowest BCUT2D eigenvalue weighted by Gasteiger charge is -2.13. The van der Waals surface area contributed by atoms with E-state index in [0.29, 0.717) is 31.0 Å². The number of aromatic nitrogens is 3. The molecule has 3 rings (SSSR count). The Morgan fingerprint density at radius 2 is 2.18 bits per heavy atom. The second kappa shape index (κ2) is 6.25. The summed E-state index contributed by atoms with van der Waals surface area (Å²) in [5.74, 6) is -0.229. The number of hydrogen-bond acceptors (Lipinski definition) is 5. The van der Waals surface area contributed by atoms with Crippen molar-refractivity contribution in [2.45, 2.75) is 13.0 Å². The number of aliphatic hydroxyl groups is 1. The van der Waals surface area contributed by atoms with E-state index in [-0.39, 0.29) is 11.8 Å². The van der Waals surface area contributed by atoms with Crippen LogP contribution in [0.1, 0.15) is 16.2 Å². The molecule has 2 atom stereocenters. The lowest BCUT2D eigenvalue weighted by molar-refractivity contribution is 0.0921. The van der Waals surface area contributed by atoms with Gasteiger partial charge in [-0.05, 0) is 19.1 Å². The number of carbonyl (C=O) groups is 1. The van der Waals surface area contributed by atoms with Crippen molar-refractivity contribution in [2.75, 3.05) is 19.6 Å². The molecule has 7 heteroatoms. The van der Waals surface area contributed by atoms with Crippen molar-refractivity contribution in [1.29, 1.82) is 0 Å². The van der Waals surface area contributed by atoms with Gasteiger partial charge in [0.2, 0.25) is 0 Å². The van der Waals surface area contributed by atoms with E-state index in [4.69, 9.17) is 0 Å². The van der Waals surface area contributed by atoms with E-state index >= 15 is 0 Å². The second-order valence-electron chi connectivity index (χ2n) is 5.47. The first kappa shape index (κ1) is 14.7. The normalized spacial score (nSPS) is 21.0. The van der Waals surface area contributed by atoms with Crippen LogP contribution in [-0.4, -0.2) is 51.7 Å². The Kier molecular flexibility index (Phi) is 4.17. The predicted octanol–water partition coefficient (Wildman–Crippen LogP) is -0.114. The highest BCUT2D eigenvalue weighted by atomic mass is 16.3. The zero-order valence-electron chi connectivity index (χ0n) is 12.4. The third-order valence-corrected chi connectivity index (χ3v) is 3.94. The summed E-state index contributed by atoms with van der Waals surface area (Å²) in [6.45, 7) is 3.51. The van der Waals surface area contributed by atoms with Crippen LogP contribution in [0.4, 0.5) is 0 Å². The van der Waals surface area contributed by atoms with Crippen LogP contribution in [0.2, 0.25) is 0 Å². The number of aliphatic hydroxyl groups excluding tert-OH is 1. The molecule has 3 N–H and O–H groups in total. The zero-order valence-corrected chi connectivity index (χ0v) is 12.4. The Morgan fingerprint density at radius 3 is 2.86 bits per heavy atom. The lowest BCUT2D eigenvalue weighted by atomic mass is 10.1. The fourth-order valence-electron chi connectivity index (χ4n) is 2.59. The van der Waals surface area contributed by atoms with E-state index in [0.717, 1.165) is 5.69 Å². The van der Waals surface area contributed by atoms with Gasteiger partial charge in [-0.1, -0.05) is 23.4 Å². The van der Waals surface area contributed by atoms with Crippen molar-refractivity contribution in [3.05, 3.63) is 41.7 Å². The molecular weight excluding hydrogens is 282 g/mol. The number of para-hydroxylation sites is 1. The summed E-state index contributed by atoms with van der Waals surface area (Å²) < 4.78 is 1.64. The molecule has 0 saturated carbocycles. The van der Waals surface area contributed by atoms with Crippen molar-refractivity contribution in [2.24, 2.45) is 5.92 Å². The Balaban J connectivity index is 1.70. The van der Waals surface area contributed by atoms with Crippen LogP contribution in [0.3, 0.4) is 0 Å². The standard InChI is InChI=1S/C15H19N5O2/c1-10-14(15(22)17-8-11-7-16-9-13(11)21)18-19-20(10)12-5-3-2-4-6-12/h2-6,11,13,16,21H,7-9H2,1H3,(H,17,22). The number of nitrogens with one attached hydrogen (secondary N) is 2. The van der Waals surface area contributed by atoms with Gasteiger partial charge in [0, 0.05) is 25.6 Å². The summed E-state index contributed by atoms with van der Waals surface area (Å²) in [6, 6.07) is 9.55. The van der Waals surface area contributed by atoms with Gasteiger partial charge >= 0.3 is 0 Å². The van der Waals surface area contributed by atoms with E-state index in [9.17, 15) is 9.90 Å². The molecule has 22 heavy (non-hydrogen) atoms. The molecule has 116 valence electrons. The van der Waals surface area contributed by atoms with Gasteiger partial charge in [-0.2, -0.15) is 0 Å². The highest BCUT2D eigenvalue weighted by Crippen LogP contribution is 2.12. The van der Waals surface area contributed by atoms with Gasteiger partial charge in [0.05, 0.1) is 17.5 Å². The molecule has 1 saturated heterocycles. The van der Waals surface area contributed by atoms with Gasteiger partial charge in [0.15, 0.2) is 5.69 Å². The number of hydrogen-bond donors (Lipinski definition) is 3. The summed E-state index contributed by atoms with van der Waals surface area (Å²) in [5, 5.41) is 23.7. The molecule has 0 aliphatic carbocycles. The highest BCUT2D eigenvalue weighted by molar-refractivity contribution is 5.93. The van der Waals surface area contributed by atoms with E-state index in [1.807, 2.05) is 37.3 Å². The molecule has 1 aliphatic rings. The minimum atomic E-state index is -0.415. The SMILES string of the molecule is Cc1c(C(=O)NCC2CNCC2O)nnn1-c1ccccc1. The topological polar surface area (TPSA) is 92.1 Å². The molecule has 0 bridgehead atoms. The van der Waals surface area contributed by atoms with Crippen LogP contribution in [0, 0.1) is 12.8 Å². The summed E-state index contributed by atoms with van der Waals surface area (Å²) >= 11 is 0. The molecule has 0 radical (unpaired) electrons. The van der Waals surface area contributed by atoms with Gasteiger partial charge < -0.3 is 15.7 Å². The second-order valence-corrected chi connectivity index (χ2v) is 5.47. The van der Waals surface area contributed by atoms with Gasteiger partial charge in [-0.25, -0.2) is 4.68 Å². The molecule has 1 fully saturated rings. The van der Waals surface area contributed by atoms with Crippen LogP contribution in [0.5, 0.6) is 0 Å². The van der Waals surface area contributed by atoms with Crippen molar-refractivity contribution in [3.63, 3.8) is 0 Å². The van der Waals surface area contributed by atoms with E-state index in [1.165, 1.54) is 0 Å². The molecule has 0 spiro atoms. The number of carbonyl (C=O) groups excluding carboxylic acids is 1. The van der Waals surface area contributed by atoms with Crippen molar-refractivity contribution < 1.29 is 9.90 Å². The van der Waals surface area contributed by atoms with Crippen LogP contribution >= 0.6 is 0 Å². The van der Waals surface area contributed by atoms with E-state index < -0.39 is 6.10 Å². The number of rotatable bonds is 4. The maximum atomic E-state index is 12.2. The molecule has 7 nitrogen and oxygen atoms in total. The lowest BCUT2D eigenvalue weighted by Crippen LogP contribution is -2.34. The van der Waals surface area contributed by atoms with Crippen molar-refractivity contribution in [3.8, 4) is 5.69 Å². The predicted molar refractivity (Wildman–Crippen MR) is 80.8 cm³/mol. The van der Waals surface area contributed by atoms with Gasteiger partial charge in [-0.15, -0.1) is 5.10 Å². The first-order valence-corrected chi connectivity index (χ1v) is 7.31. The minimum Gasteiger partial charge on any atom is -0.391 e. The molecule has 1 aliphatic heterocycles. The smallest absolute Gasteiger partial charge is 0.273 e. The Labute approximate surface area is 128 Å². The Hall–Kier alpha value is -2.25. The van der Waals surface area contributed by atoms with Crippen LogP contribution in [-0.2, 0) is 0 Å². The average molecular weight is 301 g/mol. The zero-order chi connectivity index (χ0) is 15.5. The number of benzene rings is 1. The number of β-amino-alcohol motifs (C(OH)–C–C–N with tert-alkyl or cyclic N) is 1. The monoisotopic (exact) mass is 301 g/mol. The largest absolute Gasteiger partial charge is 0.391 e. The molecule has 1 aromatic carbocycles. The first-order valence-electron chi connectivity index (χ1n) is 7.31. The van der Waals surface area contributed by atoms with Crippen molar-refractivity contribution >= 4 is 5.91 Å². The van der Waals surface area contributed by atoms with E-state index in [2.05, 4.69) is 20.9 Å². The van der Waals surface area contributed by atoms with Crippen LogP contribution in [0.25, 0.3) is 5.69 Å². The third-order valence-electron chi connectivity index (χ3n) is 3.94. The van der Waals surface area contributed by atoms with Gasteiger partial charge in [-0.3, -0.25) is 4.79 Å². The highest BCUT2D eigenvalue weighted by Gasteiger charge is 2.26. The molecule has 2 aromatic rings. The summed E-state index contributed by atoms with van der Waals surface area (Å²) in [6.07, 6.45) is -0.415. The van der Waals surface area contributed by atoms with Gasteiger partial charge in [0.25, 0.3) is 5.91 Å². The quantitative estimate of drug-likeness (QED) is 0.732. The molecular formula is C15H19N5O2. The summed E-state index contributed by atoms with van der Waals surface area (Å²) in [5.41, 5.74) is 1.86. The summed E-state index contributed by atoms with van der Waals surface area (Å²) in [4.78, 5) is 12.2. The average Bonchev–Trinajstić information content (AvgIpc) is 3.12. The maximum absolute atomic E-state index is 12.2. The minimum absolute atomic E-state index is 0.0356. The summed E-state index contributed by atoms with van der Waals surface area (Å²) in [7, 11) is 0. The molecule has 1 aromatic heterocycles. The maximum Gasteiger partial charge on any atom is 0.273 e. The Morgan fingerprint density at radius 1 is 1.41 bits per heavy atom. The first-order chi connectivity index (χ1) is 10.7. The number of amides is 1. The molecule has 2 heterocycles. The third kappa shape index (κ3) is 2.86. The molecule has 1 amide bonds. The Bertz CT molecular complexity index is 655. The van der Waals surface area contributed by atoms with Gasteiger partial charge in [0.1, 0.15) is 0 Å². The fraction of sp³-hybridized carbons (Fsp3) is 0.400.